The molecule has 1 aromatic carbocycles. The first-order chi connectivity index (χ1) is 10.3. The molecule has 0 heterocycles. The van der Waals surface area contributed by atoms with Crippen LogP contribution >= 0.6 is 39.9 Å². The lowest BCUT2D eigenvalue weighted by molar-refractivity contribution is 0.0698. The summed E-state index contributed by atoms with van der Waals surface area (Å²) in [5, 5.41) is 6.54. The Kier molecular flexibility index (Phi) is 14.0. The standard InChI is InChI=1S/C15H24BrN3O2.HI/c1-17-15(18-8-3-9-21-11-10-20-2)19-12-13-4-6-14(16)7-5-13;/h4-7H,3,8-12H2,1-2H3,(H2,17,18,19);1H. The maximum absolute atomic E-state index is 5.40. The van der Waals surface area contributed by atoms with Crippen molar-refractivity contribution in [1.29, 1.82) is 0 Å². The summed E-state index contributed by atoms with van der Waals surface area (Å²) >= 11 is 3.43. The zero-order valence-corrected chi connectivity index (χ0v) is 17.0. The Balaban J connectivity index is 0.00000441. The summed E-state index contributed by atoms with van der Waals surface area (Å²) in [6.45, 7) is 3.58. The third-order valence-corrected chi connectivity index (χ3v) is 3.32. The third kappa shape index (κ3) is 10.4. The van der Waals surface area contributed by atoms with Crippen LogP contribution < -0.4 is 10.6 Å². The molecule has 0 spiro atoms. The summed E-state index contributed by atoms with van der Waals surface area (Å²) < 4.78 is 11.4. The van der Waals surface area contributed by atoms with E-state index in [9.17, 15) is 0 Å². The monoisotopic (exact) mass is 485 g/mol. The van der Waals surface area contributed by atoms with Crippen LogP contribution in [0.3, 0.4) is 0 Å². The van der Waals surface area contributed by atoms with Crippen molar-refractivity contribution in [2.24, 2.45) is 4.99 Å². The van der Waals surface area contributed by atoms with Gasteiger partial charge in [-0.1, -0.05) is 28.1 Å². The lowest BCUT2D eigenvalue weighted by atomic mass is 10.2. The molecule has 0 saturated heterocycles. The Morgan fingerprint density at radius 1 is 1.14 bits per heavy atom. The van der Waals surface area contributed by atoms with Gasteiger partial charge in [-0.2, -0.15) is 0 Å². The van der Waals surface area contributed by atoms with Crippen molar-refractivity contribution < 1.29 is 9.47 Å². The molecule has 0 saturated carbocycles. The van der Waals surface area contributed by atoms with Crippen LogP contribution in [-0.2, 0) is 16.0 Å². The van der Waals surface area contributed by atoms with Gasteiger partial charge in [0.1, 0.15) is 0 Å². The number of rotatable bonds is 9. The third-order valence-electron chi connectivity index (χ3n) is 2.79. The Morgan fingerprint density at radius 3 is 2.50 bits per heavy atom. The van der Waals surface area contributed by atoms with Crippen molar-refractivity contribution in [3.05, 3.63) is 34.3 Å². The van der Waals surface area contributed by atoms with Crippen molar-refractivity contribution in [2.75, 3.05) is 40.5 Å². The van der Waals surface area contributed by atoms with E-state index in [4.69, 9.17) is 9.47 Å². The highest BCUT2D eigenvalue weighted by Crippen LogP contribution is 2.10. The number of nitrogens with one attached hydrogen (secondary N) is 2. The number of ether oxygens (including phenoxy) is 2. The highest BCUT2D eigenvalue weighted by Gasteiger charge is 1.98. The van der Waals surface area contributed by atoms with Gasteiger partial charge >= 0.3 is 0 Å². The van der Waals surface area contributed by atoms with Crippen LogP contribution in [0.5, 0.6) is 0 Å². The maximum atomic E-state index is 5.40. The largest absolute Gasteiger partial charge is 0.382 e. The summed E-state index contributed by atoms with van der Waals surface area (Å²) in [6, 6.07) is 8.22. The van der Waals surface area contributed by atoms with Gasteiger partial charge in [0.25, 0.3) is 0 Å². The van der Waals surface area contributed by atoms with Gasteiger partial charge in [0.15, 0.2) is 5.96 Å². The lowest BCUT2D eigenvalue weighted by Crippen LogP contribution is -2.37. The second-order valence-corrected chi connectivity index (χ2v) is 5.35. The second kappa shape index (κ2) is 14.2. The van der Waals surface area contributed by atoms with Crippen molar-refractivity contribution in [3.8, 4) is 0 Å². The van der Waals surface area contributed by atoms with Crippen LogP contribution in [0, 0.1) is 0 Å². The molecule has 1 aromatic rings. The first kappa shape index (κ1) is 21.6. The average molecular weight is 486 g/mol. The molecule has 22 heavy (non-hydrogen) atoms. The molecule has 5 nitrogen and oxygen atoms in total. The topological polar surface area (TPSA) is 54.9 Å². The fraction of sp³-hybridized carbons (Fsp3) is 0.533. The van der Waals surface area contributed by atoms with Crippen LogP contribution in [0.25, 0.3) is 0 Å². The van der Waals surface area contributed by atoms with E-state index in [0.29, 0.717) is 13.2 Å². The van der Waals surface area contributed by atoms with Crippen molar-refractivity contribution in [3.63, 3.8) is 0 Å². The van der Waals surface area contributed by atoms with E-state index >= 15 is 0 Å². The molecule has 0 radical (unpaired) electrons. The number of halogens is 2. The van der Waals surface area contributed by atoms with E-state index in [0.717, 1.165) is 36.5 Å². The van der Waals surface area contributed by atoms with Gasteiger partial charge in [0.05, 0.1) is 13.2 Å². The molecular weight excluding hydrogens is 461 g/mol. The molecular formula is C15H25BrIN3O2. The number of nitrogens with zero attached hydrogens (tertiary/aromatic N) is 1. The molecule has 0 bridgehead atoms. The van der Waals surface area contributed by atoms with E-state index in [-0.39, 0.29) is 24.0 Å². The number of hydrogen-bond donors (Lipinski definition) is 2. The highest BCUT2D eigenvalue weighted by molar-refractivity contribution is 14.0. The summed E-state index contributed by atoms with van der Waals surface area (Å²) in [6.07, 6.45) is 0.933. The average Bonchev–Trinajstić information content (AvgIpc) is 2.51. The van der Waals surface area contributed by atoms with Gasteiger partial charge in [-0.05, 0) is 24.1 Å². The minimum Gasteiger partial charge on any atom is -0.382 e. The van der Waals surface area contributed by atoms with E-state index in [1.807, 2.05) is 12.1 Å². The molecule has 0 aliphatic carbocycles. The Labute approximate surface area is 158 Å². The SMILES string of the molecule is CN=C(NCCCOCCOC)NCc1ccc(Br)cc1.I. The maximum Gasteiger partial charge on any atom is 0.191 e. The smallest absolute Gasteiger partial charge is 0.191 e. The van der Waals surface area contributed by atoms with Gasteiger partial charge in [0.2, 0.25) is 0 Å². The first-order valence-electron chi connectivity index (χ1n) is 7.02. The quantitative estimate of drug-likeness (QED) is 0.244. The first-order valence-corrected chi connectivity index (χ1v) is 7.81. The molecule has 1 rings (SSSR count). The molecule has 2 N–H and O–H groups in total. The fourth-order valence-electron chi connectivity index (χ4n) is 1.63. The second-order valence-electron chi connectivity index (χ2n) is 4.44. The highest BCUT2D eigenvalue weighted by atomic mass is 127. The molecule has 0 aliphatic heterocycles. The zero-order chi connectivity index (χ0) is 15.3. The van der Waals surface area contributed by atoms with Crippen LogP contribution in [0.15, 0.2) is 33.7 Å². The van der Waals surface area contributed by atoms with Crippen LogP contribution in [-0.4, -0.2) is 46.5 Å². The Morgan fingerprint density at radius 2 is 1.86 bits per heavy atom. The lowest BCUT2D eigenvalue weighted by Gasteiger charge is -2.12. The van der Waals surface area contributed by atoms with Crippen LogP contribution in [0.2, 0.25) is 0 Å². The van der Waals surface area contributed by atoms with Gasteiger partial charge in [-0.25, -0.2) is 0 Å². The predicted molar refractivity (Wildman–Crippen MR) is 105 cm³/mol. The Bertz CT molecular complexity index is 416. The van der Waals surface area contributed by atoms with E-state index in [1.165, 1.54) is 5.56 Å². The van der Waals surface area contributed by atoms with Crippen molar-refractivity contribution in [1.82, 2.24) is 10.6 Å². The number of methoxy groups -OCH3 is 1. The van der Waals surface area contributed by atoms with Gasteiger partial charge in [-0.15, -0.1) is 24.0 Å². The fourth-order valence-corrected chi connectivity index (χ4v) is 1.90. The van der Waals surface area contributed by atoms with Gasteiger partial charge in [-0.3, -0.25) is 4.99 Å². The van der Waals surface area contributed by atoms with Gasteiger partial charge < -0.3 is 20.1 Å². The minimum atomic E-state index is 0. The van der Waals surface area contributed by atoms with Gasteiger partial charge in [0, 0.05) is 38.3 Å². The number of benzene rings is 1. The van der Waals surface area contributed by atoms with Crippen LogP contribution in [0.4, 0.5) is 0 Å². The normalized spacial score (nSPS) is 11.0. The molecule has 0 atom stereocenters. The molecule has 7 heteroatoms. The number of guanidine groups is 1. The predicted octanol–water partition coefficient (Wildman–Crippen LogP) is 2.79. The summed E-state index contributed by atoms with van der Waals surface area (Å²) in [5.41, 5.74) is 1.21. The zero-order valence-electron chi connectivity index (χ0n) is 13.1. The molecule has 0 fully saturated rings. The van der Waals surface area contributed by atoms with Crippen molar-refractivity contribution in [2.45, 2.75) is 13.0 Å². The number of aliphatic imine (C=N–C) groups is 1. The minimum absolute atomic E-state index is 0. The Hall–Kier alpha value is -0.380. The van der Waals surface area contributed by atoms with E-state index in [2.05, 4.69) is 43.7 Å². The molecule has 0 amide bonds. The van der Waals surface area contributed by atoms with Crippen LogP contribution in [0.1, 0.15) is 12.0 Å². The number of hydrogen-bond acceptors (Lipinski definition) is 3. The molecule has 0 aliphatic rings. The van der Waals surface area contributed by atoms with Crippen molar-refractivity contribution >= 4 is 45.9 Å². The molecule has 0 aromatic heterocycles. The van der Waals surface area contributed by atoms with E-state index in [1.54, 1.807) is 14.2 Å². The summed E-state index contributed by atoms with van der Waals surface area (Å²) in [7, 11) is 3.44. The van der Waals surface area contributed by atoms with E-state index < -0.39 is 0 Å². The summed E-state index contributed by atoms with van der Waals surface area (Å²) in [5.74, 6) is 0.801. The molecule has 0 unspecified atom stereocenters. The summed E-state index contributed by atoms with van der Waals surface area (Å²) in [4.78, 5) is 4.19. The molecule has 126 valence electrons.